The topological polar surface area (TPSA) is 41.5 Å². The van der Waals surface area contributed by atoms with Gasteiger partial charge in [0, 0.05) is 18.7 Å². The number of aliphatic hydroxyl groups excluding tert-OH is 1. The Labute approximate surface area is 111 Å². The van der Waals surface area contributed by atoms with Crippen LogP contribution in [0.15, 0.2) is 0 Å². The average Bonchev–Trinajstić information content (AvgIpc) is 2.28. The summed E-state index contributed by atoms with van der Waals surface area (Å²) >= 11 is 0. The molecule has 1 heterocycles. The standard InChI is InChI=1S/C15H29NO2/c1-12(10-13(2)17)16-14-6-9-18-15(11-14)7-4-3-5-8-15/h12-14,16-17H,3-11H2,1-2H3. The van der Waals surface area contributed by atoms with E-state index in [1.54, 1.807) is 0 Å². The second kappa shape index (κ2) is 6.36. The fourth-order valence-corrected chi connectivity index (χ4v) is 3.70. The van der Waals surface area contributed by atoms with Gasteiger partial charge in [0.1, 0.15) is 0 Å². The summed E-state index contributed by atoms with van der Waals surface area (Å²) in [5.74, 6) is 0. The number of hydrogen-bond acceptors (Lipinski definition) is 3. The van der Waals surface area contributed by atoms with E-state index in [0.717, 1.165) is 25.9 Å². The fraction of sp³-hybridized carbons (Fsp3) is 1.00. The molecule has 1 saturated carbocycles. The Kier molecular flexibility index (Phi) is 5.05. The minimum Gasteiger partial charge on any atom is -0.393 e. The predicted octanol–water partition coefficient (Wildman–Crippen LogP) is 2.62. The molecule has 0 amide bonds. The van der Waals surface area contributed by atoms with Crippen LogP contribution in [0.25, 0.3) is 0 Å². The summed E-state index contributed by atoms with van der Waals surface area (Å²) in [5.41, 5.74) is 0.179. The zero-order chi connectivity index (χ0) is 13.0. The minimum atomic E-state index is -0.212. The molecule has 2 aliphatic rings. The highest BCUT2D eigenvalue weighted by molar-refractivity contribution is 4.92. The maximum Gasteiger partial charge on any atom is 0.0697 e. The molecule has 1 saturated heterocycles. The Bertz CT molecular complexity index is 243. The van der Waals surface area contributed by atoms with Gasteiger partial charge in [0.05, 0.1) is 11.7 Å². The van der Waals surface area contributed by atoms with E-state index < -0.39 is 0 Å². The maximum atomic E-state index is 9.43. The van der Waals surface area contributed by atoms with Gasteiger partial charge in [-0.2, -0.15) is 0 Å². The monoisotopic (exact) mass is 255 g/mol. The first-order chi connectivity index (χ1) is 8.60. The molecule has 0 bridgehead atoms. The second-order valence-electron chi connectivity index (χ2n) is 6.43. The van der Waals surface area contributed by atoms with Crippen molar-refractivity contribution in [2.24, 2.45) is 0 Å². The van der Waals surface area contributed by atoms with E-state index in [1.165, 1.54) is 32.1 Å². The van der Waals surface area contributed by atoms with Crippen LogP contribution in [0.2, 0.25) is 0 Å². The highest BCUT2D eigenvalue weighted by Crippen LogP contribution is 2.38. The van der Waals surface area contributed by atoms with Gasteiger partial charge in [0.15, 0.2) is 0 Å². The molecule has 106 valence electrons. The summed E-state index contributed by atoms with van der Waals surface area (Å²) in [4.78, 5) is 0. The van der Waals surface area contributed by atoms with Crippen LogP contribution in [0.1, 0.15) is 65.2 Å². The van der Waals surface area contributed by atoms with Crippen molar-refractivity contribution in [3.05, 3.63) is 0 Å². The van der Waals surface area contributed by atoms with Crippen molar-refractivity contribution in [2.45, 2.75) is 89.0 Å². The number of ether oxygens (including phenoxy) is 1. The normalized spacial score (nSPS) is 31.2. The van der Waals surface area contributed by atoms with Gasteiger partial charge in [-0.25, -0.2) is 0 Å². The van der Waals surface area contributed by atoms with Gasteiger partial charge < -0.3 is 15.2 Å². The molecule has 2 N–H and O–H groups in total. The molecule has 0 aromatic carbocycles. The van der Waals surface area contributed by atoms with Crippen molar-refractivity contribution in [1.29, 1.82) is 0 Å². The number of rotatable bonds is 4. The molecule has 2 fully saturated rings. The van der Waals surface area contributed by atoms with Crippen LogP contribution in [0.4, 0.5) is 0 Å². The third-order valence-electron chi connectivity index (χ3n) is 4.47. The molecule has 0 aromatic heterocycles. The van der Waals surface area contributed by atoms with Crippen LogP contribution < -0.4 is 5.32 Å². The van der Waals surface area contributed by atoms with E-state index in [0.29, 0.717) is 12.1 Å². The van der Waals surface area contributed by atoms with Crippen LogP contribution in [-0.4, -0.2) is 35.5 Å². The third-order valence-corrected chi connectivity index (χ3v) is 4.47. The van der Waals surface area contributed by atoms with E-state index in [-0.39, 0.29) is 11.7 Å². The lowest BCUT2D eigenvalue weighted by molar-refractivity contribution is -0.110. The van der Waals surface area contributed by atoms with Crippen molar-refractivity contribution >= 4 is 0 Å². The van der Waals surface area contributed by atoms with Crippen LogP contribution in [-0.2, 0) is 4.74 Å². The first kappa shape index (κ1) is 14.3. The molecule has 3 atom stereocenters. The summed E-state index contributed by atoms with van der Waals surface area (Å²) in [7, 11) is 0. The maximum absolute atomic E-state index is 9.43. The zero-order valence-corrected chi connectivity index (χ0v) is 12.0. The molecule has 18 heavy (non-hydrogen) atoms. The van der Waals surface area contributed by atoms with Crippen LogP contribution in [0, 0.1) is 0 Å². The molecule has 2 rings (SSSR count). The summed E-state index contributed by atoms with van der Waals surface area (Å²) < 4.78 is 6.11. The molecular weight excluding hydrogens is 226 g/mol. The lowest BCUT2D eigenvalue weighted by Crippen LogP contribution is -2.50. The van der Waals surface area contributed by atoms with Gasteiger partial charge in [0.25, 0.3) is 0 Å². The number of nitrogens with one attached hydrogen (secondary N) is 1. The highest BCUT2D eigenvalue weighted by Gasteiger charge is 2.38. The summed E-state index contributed by atoms with van der Waals surface area (Å²) in [6.45, 7) is 4.94. The van der Waals surface area contributed by atoms with E-state index in [1.807, 2.05) is 6.92 Å². The van der Waals surface area contributed by atoms with Gasteiger partial charge in [-0.05, 0) is 46.0 Å². The first-order valence-electron chi connectivity index (χ1n) is 7.68. The Morgan fingerprint density at radius 1 is 1.28 bits per heavy atom. The Hall–Kier alpha value is -0.120. The fourth-order valence-electron chi connectivity index (χ4n) is 3.70. The predicted molar refractivity (Wildman–Crippen MR) is 73.7 cm³/mol. The van der Waals surface area contributed by atoms with Gasteiger partial charge in [-0.15, -0.1) is 0 Å². The van der Waals surface area contributed by atoms with Crippen molar-refractivity contribution in [1.82, 2.24) is 5.32 Å². The average molecular weight is 255 g/mol. The lowest BCUT2D eigenvalue weighted by atomic mass is 9.78. The Morgan fingerprint density at radius 2 is 2.00 bits per heavy atom. The second-order valence-corrected chi connectivity index (χ2v) is 6.43. The quantitative estimate of drug-likeness (QED) is 0.811. The van der Waals surface area contributed by atoms with Crippen LogP contribution in [0.3, 0.4) is 0 Å². The van der Waals surface area contributed by atoms with Gasteiger partial charge in [-0.3, -0.25) is 0 Å². The molecular formula is C15H29NO2. The molecule has 1 aliphatic heterocycles. The summed E-state index contributed by atoms with van der Waals surface area (Å²) in [6.07, 6.45) is 9.43. The van der Waals surface area contributed by atoms with E-state index in [9.17, 15) is 5.11 Å². The minimum absolute atomic E-state index is 0.179. The SMILES string of the molecule is CC(O)CC(C)NC1CCOC2(CCCCC2)C1. The van der Waals surface area contributed by atoms with Crippen LogP contribution >= 0.6 is 0 Å². The van der Waals surface area contributed by atoms with Gasteiger partial charge in [-0.1, -0.05) is 19.3 Å². The molecule has 0 radical (unpaired) electrons. The van der Waals surface area contributed by atoms with E-state index in [4.69, 9.17) is 4.74 Å². The molecule has 0 aromatic rings. The van der Waals surface area contributed by atoms with Crippen molar-refractivity contribution in [3.8, 4) is 0 Å². The zero-order valence-electron chi connectivity index (χ0n) is 12.0. The number of hydrogen-bond donors (Lipinski definition) is 2. The third kappa shape index (κ3) is 3.94. The lowest BCUT2D eigenvalue weighted by Gasteiger charge is -2.44. The van der Waals surface area contributed by atoms with Gasteiger partial charge in [0.2, 0.25) is 0 Å². The van der Waals surface area contributed by atoms with Crippen molar-refractivity contribution in [2.75, 3.05) is 6.61 Å². The van der Waals surface area contributed by atoms with Crippen molar-refractivity contribution in [3.63, 3.8) is 0 Å². The molecule has 1 aliphatic carbocycles. The summed E-state index contributed by atoms with van der Waals surface area (Å²) in [6, 6.07) is 0.972. The summed E-state index contributed by atoms with van der Waals surface area (Å²) in [5, 5.41) is 13.1. The molecule has 3 heteroatoms. The van der Waals surface area contributed by atoms with Crippen molar-refractivity contribution < 1.29 is 9.84 Å². The molecule has 1 spiro atoms. The first-order valence-corrected chi connectivity index (χ1v) is 7.68. The van der Waals surface area contributed by atoms with E-state index in [2.05, 4.69) is 12.2 Å². The Morgan fingerprint density at radius 3 is 2.67 bits per heavy atom. The van der Waals surface area contributed by atoms with E-state index >= 15 is 0 Å². The Balaban J connectivity index is 1.82. The highest BCUT2D eigenvalue weighted by atomic mass is 16.5. The van der Waals surface area contributed by atoms with Gasteiger partial charge >= 0.3 is 0 Å². The largest absolute Gasteiger partial charge is 0.393 e. The molecule has 3 unspecified atom stereocenters. The smallest absolute Gasteiger partial charge is 0.0697 e. The molecule has 3 nitrogen and oxygen atoms in total. The van der Waals surface area contributed by atoms with Crippen LogP contribution in [0.5, 0.6) is 0 Å². The number of aliphatic hydroxyl groups is 1.